The number of benzene rings is 16. The zero-order valence-corrected chi connectivity index (χ0v) is 84.3. The smallest absolute Gasteiger partial charge is 0.510 e. The van der Waals surface area contributed by atoms with Gasteiger partial charge < -0.3 is 42.6 Å². The third-order valence-corrected chi connectivity index (χ3v) is 26.0. The number of aromatic nitrogens is 7. The fourth-order valence-corrected chi connectivity index (χ4v) is 19.7. The van der Waals surface area contributed by atoms with Crippen LogP contribution >= 0.6 is 0 Å². The first-order valence-corrected chi connectivity index (χ1v) is 46.1. The topological polar surface area (TPSA) is 84.2 Å². The number of imidazole rings is 3. The van der Waals surface area contributed by atoms with Crippen LogP contribution in [-0.4, -0.2) is 69.0 Å². The van der Waals surface area contributed by atoms with Gasteiger partial charge in [0.2, 0.25) is 0 Å². The van der Waals surface area contributed by atoms with Gasteiger partial charge in [0, 0.05) is 68.8 Å². The van der Waals surface area contributed by atoms with Crippen LogP contribution in [0.5, 0.6) is 0 Å². The van der Waals surface area contributed by atoms with Crippen LogP contribution in [0.2, 0.25) is 0 Å². The second-order valence-corrected chi connectivity index (χ2v) is 33.9. The van der Waals surface area contributed by atoms with Gasteiger partial charge in [-0.25, -0.2) is 0 Å². The van der Waals surface area contributed by atoms with Gasteiger partial charge in [0.25, 0.3) is 0 Å². The van der Waals surface area contributed by atoms with E-state index in [-0.39, 0.29) is 60.3 Å². The molecule has 10 heterocycles. The predicted molar refractivity (Wildman–Crippen MR) is 554 cm³/mol. The molecular formula is C120H98Ir3N13. The first-order valence-electron chi connectivity index (χ1n) is 46.1. The van der Waals surface area contributed by atoms with Crippen molar-refractivity contribution < 1.29 is 60.3 Å². The van der Waals surface area contributed by atoms with E-state index in [2.05, 4.69) is 303 Å². The molecule has 0 spiro atoms. The van der Waals surface area contributed by atoms with Gasteiger partial charge in [-0.3, -0.25) is 19.9 Å². The average molecular weight is 2300 g/mol. The van der Waals surface area contributed by atoms with Crippen molar-refractivity contribution in [1.29, 1.82) is 0 Å². The summed E-state index contributed by atoms with van der Waals surface area (Å²) in [5.41, 5.74) is 25.8. The molecule has 0 N–H and O–H groups in total. The minimum atomic E-state index is 0. The number of pyridine rings is 4. The molecule has 13 nitrogen and oxygen atoms in total. The molecule has 0 fully saturated rings. The molecule has 0 aliphatic carbocycles. The molecule has 0 radical (unpaired) electrons. The van der Waals surface area contributed by atoms with Crippen molar-refractivity contribution in [3.8, 4) is 33.8 Å². The number of fused-ring (bicyclic) bond motifs is 19. The number of hydrogen-bond donors (Lipinski definition) is 0. The molecule has 0 saturated carbocycles. The van der Waals surface area contributed by atoms with Crippen LogP contribution < -0.4 is 14.7 Å². The van der Waals surface area contributed by atoms with Gasteiger partial charge in [-0.05, 0) is 192 Å². The summed E-state index contributed by atoms with van der Waals surface area (Å²) < 4.78 is 6.87. The second kappa shape index (κ2) is 40.3. The van der Waals surface area contributed by atoms with E-state index < -0.39 is 0 Å². The van der Waals surface area contributed by atoms with E-state index in [1.165, 1.54) is 142 Å². The van der Waals surface area contributed by atoms with Gasteiger partial charge in [-0.1, -0.05) is 214 Å². The maximum absolute atomic E-state index is 5.30. The van der Waals surface area contributed by atoms with Crippen molar-refractivity contribution >= 4 is 153 Å². The second-order valence-electron chi connectivity index (χ2n) is 33.9. The van der Waals surface area contributed by atoms with Crippen molar-refractivity contribution in [2.75, 3.05) is 35.8 Å². The Balaban J connectivity index is 0.000000114. The molecule has 26 rings (SSSR count). The summed E-state index contributed by atoms with van der Waals surface area (Å²) in [7, 11) is 6.00. The van der Waals surface area contributed by atoms with Crippen molar-refractivity contribution in [2.45, 2.75) is 80.1 Å². The summed E-state index contributed by atoms with van der Waals surface area (Å²) in [6, 6.07) is 118. The number of nitrogens with zero attached hydrogens (tertiary/aromatic N) is 13. The Bertz CT molecular complexity index is 8070. The Labute approximate surface area is 834 Å². The molecular weight excluding hydrogens is 2200 g/mol. The monoisotopic (exact) mass is 2300 g/mol. The SMILES string of the molecule is CCc1cccc(CC)c1-c1cn2c(n1)c1[c-]ccc3ccc4cc5ccccc5c2c4c31.CCc1cccc(CC)c1-c1cn2c(n1)c1[c-]cccc1c1c3ccccc3c3ccccc3c12.CCc1cccc(CC)c1-c1cn2c3ccnc4ccc5cc[c-]c(c5c43)c2n1.CN1C=CN(c2[c-]cccc2)[CH-]1.CN1C=CN(c2[c-]cccc2)[CH-]1.CN1C=CN(c2[c-]cccc2)[CH-]1.[Ir+3].[Ir+3].[Ir+3]. The van der Waals surface area contributed by atoms with Gasteiger partial charge in [0.15, 0.2) is 0 Å². The van der Waals surface area contributed by atoms with Crippen LogP contribution in [0.4, 0.5) is 17.1 Å². The van der Waals surface area contributed by atoms with Crippen LogP contribution in [0.3, 0.4) is 0 Å². The summed E-state index contributed by atoms with van der Waals surface area (Å²) in [4.78, 5) is 32.4. The van der Waals surface area contributed by atoms with E-state index in [4.69, 9.17) is 15.0 Å². The van der Waals surface area contributed by atoms with Gasteiger partial charge in [-0.2, -0.15) is 111 Å². The molecule has 0 atom stereocenters. The summed E-state index contributed by atoms with van der Waals surface area (Å²) in [5, 5.41) is 22.0. The Morgan fingerprint density at radius 1 is 0.279 bits per heavy atom. The van der Waals surface area contributed by atoms with E-state index in [0.717, 1.165) is 117 Å². The van der Waals surface area contributed by atoms with Crippen molar-refractivity contribution in [2.24, 2.45) is 0 Å². The Hall–Kier alpha value is -13.9. The predicted octanol–water partition coefficient (Wildman–Crippen LogP) is 28.2. The molecule has 3 aliphatic heterocycles. The molecule has 670 valence electrons. The zero-order chi connectivity index (χ0) is 90.3. The molecule has 0 bridgehead atoms. The van der Waals surface area contributed by atoms with E-state index >= 15 is 0 Å². The number of rotatable bonds is 12. The fraction of sp³-hybridized carbons (Fsp3) is 0.125. The molecule has 136 heavy (non-hydrogen) atoms. The van der Waals surface area contributed by atoms with Crippen LogP contribution in [0, 0.1) is 56.4 Å². The largest absolute Gasteiger partial charge is 3.00 e. The van der Waals surface area contributed by atoms with Crippen molar-refractivity contribution in [3.05, 3.63) is 431 Å². The van der Waals surface area contributed by atoms with E-state index in [9.17, 15) is 0 Å². The van der Waals surface area contributed by atoms with E-state index in [1.54, 1.807) is 0 Å². The molecule has 23 aromatic rings. The summed E-state index contributed by atoms with van der Waals surface area (Å²) in [6.45, 7) is 19.4. The number of aryl methyl sites for hydroxylation is 6. The molecule has 16 heteroatoms. The minimum Gasteiger partial charge on any atom is -0.510 e. The summed E-state index contributed by atoms with van der Waals surface area (Å²) in [6.07, 6.45) is 26.6. The normalized spacial score (nSPS) is 12.8. The first kappa shape index (κ1) is 92.5. The average Bonchev–Trinajstić information content (AvgIpc) is 1.15. The van der Waals surface area contributed by atoms with Crippen molar-refractivity contribution in [1.82, 2.24) is 47.8 Å². The Morgan fingerprint density at radius 2 is 0.654 bits per heavy atom. The molecule has 16 aromatic carbocycles. The standard InChI is InChI=1S/C33H25N2.C31H23N2.C26H20N3.3C10H10N2.3Ir/c1-3-21-12-11-13-22(4-2)30(21)29-20-35-32-27-18-9-6-15-24(27)23-14-5-7-16-25(23)31(32)26-17-8-10-19-28(26)33(35)34-29;1-3-19-10-7-11-20(4-2)27(19)26-18-33-30-24-13-6-5-9-22(24)17-23-16-15-21-12-8-14-25(31(33)32-26)28(21)29(23)30;1-3-16-7-5-8-17(4-2)23(16)21-15-29-22-13-14-27-20-12-11-18-9-6-10-19(26(29)28-21)24(18)25(20)22;3*1-11-7-8-12(9-11)10-5-3-2-4-6-10;;;/h5-18,20H,3-4H2,1-2H3;5-13,15-18H,3-4H2,1-2H3;5-9,11-15H,3-4H2,1-2H3;3*2-5,7-9H,1H3;;;/q3*-1;3*-2;3*+3. The number of para-hydroxylation sites is 3. The molecule has 0 amide bonds. The van der Waals surface area contributed by atoms with Gasteiger partial charge in [0.1, 0.15) is 0 Å². The van der Waals surface area contributed by atoms with Gasteiger partial charge in [0.05, 0.1) is 39.5 Å². The van der Waals surface area contributed by atoms with Crippen LogP contribution in [0.25, 0.3) is 170 Å². The van der Waals surface area contributed by atoms with Gasteiger partial charge in [-0.15, -0.1) is 93.9 Å². The number of hydrogen-bond acceptors (Lipinski definition) is 10. The third kappa shape index (κ3) is 17.2. The zero-order valence-electron chi connectivity index (χ0n) is 77.1. The maximum Gasteiger partial charge on any atom is 3.00 e. The maximum atomic E-state index is 5.30. The quantitative estimate of drug-likeness (QED) is 0.0670. The van der Waals surface area contributed by atoms with E-state index in [1.807, 2.05) is 205 Å². The molecule has 3 aliphatic rings. The molecule has 0 unspecified atom stereocenters. The van der Waals surface area contributed by atoms with Gasteiger partial charge >= 0.3 is 60.3 Å². The fourth-order valence-electron chi connectivity index (χ4n) is 19.7. The van der Waals surface area contributed by atoms with Crippen LogP contribution in [0.1, 0.15) is 74.9 Å². The summed E-state index contributed by atoms with van der Waals surface area (Å²) in [5.74, 6) is 0. The molecule has 0 saturated heterocycles. The van der Waals surface area contributed by atoms with Crippen molar-refractivity contribution in [3.63, 3.8) is 0 Å². The summed E-state index contributed by atoms with van der Waals surface area (Å²) >= 11 is 0. The van der Waals surface area contributed by atoms with Crippen LogP contribution in [0.15, 0.2) is 341 Å². The third-order valence-electron chi connectivity index (χ3n) is 26.0. The van der Waals surface area contributed by atoms with E-state index in [0.29, 0.717) is 0 Å². The Kier molecular flexibility index (Phi) is 27.4. The first-order chi connectivity index (χ1) is 65.5. The molecule has 7 aromatic heterocycles. The number of anilines is 3. The van der Waals surface area contributed by atoms with Crippen LogP contribution in [-0.2, 0) is 98.8 Å². The minimum absolute atomic E-state index is 0. The Morgan fingerprint density at radius 3 is 1.11 bits per heavy atom.